The van der Waals surface area contributed by atoms with Crippen molar-refractivity contribution in [3.63, 3.8) is 0 Å². The number of para-hydroxylation sites is 3. The molecule has 0 saturated heterocycles. The second kappa shape index (κ2) is 10.3. The normalized spacial score (nSPS) is 14.7. The van der Waals surface area contributed by atoms with Crippen molar-refractivity contribution in [2.45, 2.75) is 38.5 Å². The molecule has 0 aliphatic heterocycles. The van der Waals surface area contributed by atoms with Crippen molar-refractivity contribution < 1.29 is 4.42 Å². The molecular formula is C48H37NO. The molecule has 0 radical (unpaired) electrons. The van der Waals surface area contributed by atoms with Crippen LogP contribution in [0.1, 0.15) is 49.9 Å². The Labute approximate surface area is 293 Å². The number of rotatable bonds is 4. The number of hydrogen-bond donors (Lipinski definition) is 0. The van der Waals surface area contributed by atoms with Crippen LogP contribution in [0.25, 0.3) is 55.3 Å². The standard InChI is InChI=1S/C48H37NO/c1-47(2)39-22-9-5-15-31(39)33-28-27-30(29-41(33)47)49(43-25-14-19-36-32-16-6-10-23-40(32)48(3,4)45(36)43)42-24-11-7-17-34(42)37-20-13-21-38-35-18-8-12-26-44(35)50-46(37)38/h5-29H,1-4H3. The van der Waals surface area contributed by atoms with E-state index in [0.29, 0.717) is 0 Å². The van der Waals surface area contributed by atoms with Crippen LogP contribution in [0.15, 0.2) is 156 Å². The molecule has 240 valence electrons. The van der Waals surface area contributed by atoms with E-state index < -0.39 is 0 Å². The van der Waals surface area contributed by atoms with Crippen LogP contribution in [0, 0.1) is 0 Å². The van der Waals surface area contributed by atoms with E-state index >= 15 is 0 Å². The van der Waals surface area contributed by atoms with Crippen LogP contribution in [0.3, 0.4) is 0 Å². The first-order chi connectivity index (χ1) is 24.3. The summed E-state index contributed by atoms with van der Waals surface area (Å²) in [6.07, 6.45) is 0. The van der Waals surface area contributed by atoms with E-state index in [2.05, 4.69) is 178 Å². The highest BCUT2D eigenvalue weighted by atomic mass is 16.3. The summed E-state index contributed by atoms with van der Waals surface area (Å²) in [5.74, 6) is 0. The molecule has 1 aromatic heterocycles. The Kier molecular flexibility index (Phi) is 6.01. The van der Waals surface area contributed by atoms with E-state index in [1.807, 2.05) is 6.07 Å². The van der Waals surface area contributed by atoms with E-state index in [1.165, 1.54) is 50.2 Å². The number of anilines is 3. The van der Waals surface area contributed by atoms with Crippen molar-refractivity contribution in [3.05, 3.63) is 174 Å². The quantitative estimate of drug-likeness (QED) is 0.190. The van der Waals surface area contributed by atoms with Gasteiger partial charge < -0.3 is 9.32 Å². The Balaban J connectivity index is 1.27. The average molecular weight is 644 g/mol. The van der Waals surface area contributed by atoms with Gasteiger partial charge in [-0.15, -0.1) is 0 Å². The van der Waals surface area contributed by atoms with E-state index in [0.717, 1.165) is 44.4 Å². The molecular weight excluding hydrogens is 607 g/mol. The molecule has 50 heavy (non-hydrogen) atoms. The summed E-state index contributed by atoms with van der Waals surface area (Å²) in [6.45, 7) is 9.48. The highest BCUT2D eigenvalue weighted by Gasteiger charge is 2.40. The summed E-state index contributed by atoms with van der Waals surface area (Å²) in [6, 6.07) is 55.5. The van der Waals surface area contributed by atoms with Crippen LogP contribution in [-0.4, -0.2) is 0 Å². The van der Waals surface area contributed by atoms with Crippen molar-refractivity contribution in [2.75, 3.05) is 4.90 Å². The lowest BCUT2D eigenvalue weighted by Gasteiger charge is -2.34. The highest BCUT2D eigenvalue weighted by molar-refractivity contribution is 6.11. The molecule has 0 bridgehead atoms. The van der Waals surface area contributed by atoms with Gasteiger partial charge in [-0.25, -0.2) is 0 Å². The minimum absolute atomic E-state index is 0.124. The third kappa shape index (κ3) is 3.91. The third-order valence-corrected chi connectivity index (χ3v) is 11.5. The summed E-state index contributed by atoms with van der Waals surface area (Å²) < 4.78 is 6.64. The molecule has 2 aliphatic rings. The summed E-state index contributed by atoms with van der Waals surface area (Å²) in [4.78, 5) is 2.52. The van der Waals surface area contributed by atoms with E-state index in [-0.39, 0.29) is 10.8 Å². The predicted molar refractivity (Wildman–Crippen MR) is 209 cm³/mol. The number of hydrogen-bond acceptors (Lipinski definition) is 2. The van der Waals surface area contributed by atoms with Gasteiger partial charge in [0.05, 0.1) is 11.4 Å². The van der Waals surface area contributed by atoms with Gasteiger partial charge in [-0.05, 0) is 74.8 Å². The van der Waals surface area contributed by atoms with E-state index in [1.54, 1.807) is 0 Å². The average Bonchev–Trinajstić information content (AvgIpc) is 3.72. The predicted octanol–water partition coefficient (Wildman–Crippen LogP) is 13.3. The van der Waals surface area contributed by atoms with Gasteiger partial charge in [-0.1, -0.05) is 149 Å². The molecule has 0 amide bonds. The minimum atomic E-state index is -0.194. The number of fused-ring (bicyclic) bond motifs is 9. The summed E-state index contributed by atoms with van der Waals surface area (Å²) in [5, 5.41) is 2.27. The summed E-state index contributed by atoms with van der Waals surface area (Å²) in [5.41, 5.74) is 17.9. The molecule has 0 N–H and O–H groups in total. The molecule has 2 nitrogen and oxygen atoms in total. The largest absolute Gasteiger partial charge is 0.455 e. The molecule has 2 heteroatoms. The zero-order valence-corrected chi connectivity index (χ0v) is 28.8. The molecule has 0 spiro atoms. The Bertz CT molecular complexity index is 2670. The second-order valence-electron chi connectivity index (χ2n) is 14.9. The first-order valence-corrected chi connectivity index (χ1v) is 17.6. The zero-order valence-electron chi connectivity index (χ0n) is 28.8. The van der Waals surface area contributed by atoms with Gasteiger partial charge in [0.2, 0.25) is 0 Å². The first-order valence-electron chi connectivity index (χ1n) is 17.6. The lowest BCUT2D eigenvalue weighted by molar-refractivity contribution is 0.658. The molecule has 1 heterocycles. The van der Waals surface area contributed by atoms with E-state index in [9.17, 15) is 0 Å². The lowest BCUT2D eigenvalue weighted by atomic mass is 9.80. The fourth-order valence-electron chi connectivity index (χ4n) is 9.10. The Morgan fingerprint density at radius 3 is 1.80 bits per heavy atom. The molecule has 7 aromatic carbocycles. The van der Waals surface area contributed by atoms with Crippen LogP contribution < -0.4 is 4.90 Å². The SMILES string of the molecule is CC1(C)c2ccccc2-c2ccc(N(c3ccccc3-c3cccc4c3oc3ccccc34)c3cccc4c3C(C)(C)c3ccccc3-4)cc21. The first kappa shape index (κ1) is 29.1. The fourth-order valence-corrected chi connectivity index (χ4v) is 9.10. The maximum absolute atomic E-state index is 6.64. The van der Waals surface area contributed by atoms with Gasteiger partial charge >= 0.3 is 0 Å². The van der Waals surface area contributed by atoms with Gasteiger partial charge in [0.1, 0.15) is 11.2 Å². The van der Waals surface area contributed by atoms with Gasteiger partial charge in [0, 0.05) is 38.4 Å². The van der Waals surface area contributed by atoms with Crippen LogP contribution in [0.4, 0.5) is 17.1 Å². The zero-order chi connectivity index (χ0) is 33.8. The smallest absolute Gasteiger partial charge is 0.143 e. The number of benzene rings is 7. The molecule has 0 fully saturated rings. The van der Waals surface area contributed by atoms with Crippen LogP contribution in [-0.2, 0) is 10.8 Å². The van der Waals surface area contributed by atoms with Crippen LogP contribution >= 0.6 is 0 Å². The molecule has 0 unspecified atom stereocenters. The number of nitrogens with zero attached hydrogens (tertiary/aromatic N) is 1. The van der Waals surface area contributed by atoms with Crippen molar-refractivity contribution in [1.82, 2.24) is 0 Å². The molecule has 10 rings (SSSR count). The lowest BCUT2D eigenvalue weighted by Crippen LogP contribution is -2.21. The maximum Gasteiger partial charge on any atom is 0.143 e. The Morgan fingerprint density at radius 1 is 0.420 bits per heavy atom. The summed E-state index contributed by atoms with van der Waals surface area (Å²) in [7, 11) is 0. The molecule has 8 aromatic rings. The number of furan rings is 1. The van der Waals surface area contributed by atoms with Gasteiger partial charge in [0.15, 0.2) is 0 Å². The Morgan fingerprint density at radius 2 is 0.980 bits per heavy atom. The molecule has 2 aliphatic carbocycles. The van der Waals surface area contributed by atoms with Gasteiger partial charge in [-0.2, -0.15) is 0 Å². The van der Waals surface area contributed by atoms with Crippen molar-refractivity contribution in [1.29, 1.82) is 0 Å². The Hall–Kier alpha value is -5.86. The van der Waals surface area contributed by atoms with Crippen molar-refractivity contribution in [2.24, 2.45) is 0 Å². The van der Waals surface area contributed by atoms with Crippen molar-refractivity contribution in [3.8, 4) is 33.4 Å². The summed E-state index contributed by atoms with van der Waals surface area (Å²) >= 11 is 0. The molecule has 0 saturated carbocycles. The fraction of sp³-hybridized carbons (Fsp3) is 0.125. The van der Waals surface area contributed by atoms with E-state index in [4.69, 9.17) is 4.42 Å². The van der Waals surface area contributed by atoms with Crippen molar-refractivity contribution >= 4 is 39.0 Å². The highest BCUT2D eigenvalue weighted by Crippen LogP contribution is 2.56. The van der Waals surface area contributed by atoms with Gasteiger partial charge in [-0.3, -0.25) is 0 Å². The van der Waals surface area contributed by atoms with Gasteiger partial charge in [0.25, 0.3) is 0 Å². The monoisotopic (exact) mass is 643 g/mol. The third-order valence-electron chi connectivity index (χ3n) is 11.5. The van der Waals surface area contributed by atoms with Crippen LogP contribution in [0.5, 0.6) is 0 Å². The van der Waals surface area contributed by atoms with Crippen LogP contribution in [0.2, 0.25) is 0 Å². The maximum atomic E-state index is 6.64. The minimum Gasteiger partial charge on any atom is -0.455 e. The second-order valence-corrected chi connectivity index (χ2v) is 14.9. The topological polar surface area (TPSA) is 16.4 Å². The molecule has 0 atom stereocenters.